The first-order valence-electron chi connectivity index (χ1n) is 13.9. The molecule has 45 heavy (non-hydrogen) atoms. The van der Waals surface area contributed by atoms with Gasteiger partial charge in [0.25, 0.3) is 11.8 Å². The zero-order valence-electron chi connectivity index (χ0n) is 23.8. The molecule has 2 amide bonds. The molecular weight excluding hydrogens is 633 g/mol. The van der Waals surface area contributed by atoms with Crippen LogP contribution in [0.3, 0.4) is 0 Å². The predicted octanol–water partition coefficient (Wildman–Crippen LogP) is 4.94. The average molecular weight is 659 g/mol. The number of hydrogen-bond donors (Lipinski definition) is 2. The van der Waals surface area contributed by atoms with Gasteiger partial charge in [0.1, 0.15) is 22.1 Å². The Labute approximate surface area is 270 Å². The van der Waals surface area contributed by atoms with Crippen LogP contribution < -0.4 is 5.32 Å². The summed E-state index contributed by atoms with van der Waals surface area (Å²) in [6.45, 7) is 1.86. The summed E-state index contributed by atoms with van der Waals surface area (Å²) >= 11 is 4.28. The smallest absolute Gasteiger partial charge is 0.356 e. The normalized spacial score (nSPS) is 17.5. The molecule has 1 unspecified atom stereocenters. The number of nitrogens with one attached hydrogen (secondary N) is 1. The van der Waals surface area contributed by atoms with Crippen LogP contribution in [0.2, 0.25) is 0 Å². The number of aryl methyl sites for hydroxylation is 1. The van der Waals surface area contributed by atoms with Crippen LogP contribution in [0.5, 0.6) is 0 Å². The van der Waals surface area contributed by atoms with Crippen molar-refractivity contribution in [2.75, 3.05) is 11.5 Å². The van der Waals surface area contributed by atoms with Gasteiger partial charge in [-0.05, 0) is 35.8 Å². The molecule has 10 nitrogen and oxygen atoms in total. The lowest BCUT2D eigenvalue weighted by Gasteiger charge is -2.49. The summed E-state index contributed by atoms with van der Waals surface area (Å²) in [7, 11) is 0. The molecule has 0 aliphatic carbocycles. The first-order valence-corrected chi connectivity index (χ1v) is 16.7. The number of fused-ring (bicyclic) bond motifs is 1. The molecule has 0 bridgehead atoms. The van der Waals surface area contributed by atoms with Crippen molar-refractivity contribution in [3.63, 3.8) is 0 Å². The van der Waals surface area contributed by atoms with Crippen LogP contribution in [0.25, 0.3) is 0 Å². The molecule has 6 rings (SSSR count). The van der Waals surface area contributed by atoms with Crippen LogP contribution in [0.1, 0.15) is 43.0 Å². The second-order valence-corrected chi connectivity index (χ2v) is 13.7. The van der Waals surface area contributed by atoms with Crippen LogP contribution in [0, 0.1) is 6.92 Å². The number of carbonyl (C=O) groups is 4. The van der Waals surface area contributed by atoms with Gasteiger partial charge < -0.3 is 15.2 Å². The summed E-state index contributed by atoms with van der Waals surface area (Å²) in [6, 6.07) is 23.6. The molecule has 0 spiro atoms. The SMILES string of the molecule is Cc1nnc(SCC2=C(C(=O)OC(c3ccccc3)c3ccccc3)N3C(=O)C(NC(=O)c4ccccc4C(=O)O)[C@@H]3SC2)s1. The van der Waals surface area contributed by atoms with Crippen LogP contribution in [0.15, 0.2) is 101 Å². The number of carboxylic acid groups (broad SMARTS) is 1. The van der Waals surface area contributed by atoms with Crippen molar-refractivity contribution in [1.82, 2.24) is 20.4 Å². The van der Waals surface area contributed by atoms with E-state index in [0.29, 0.717) is 17.1 Å². The number of β-lactam (4-membered cyclic amide) rings is 1. The Kier molecular flexibility index (Phi) is 9.01. The average Bonchev–Trinajstić information content (AvgIpc) is 3.49. The summed E-state index contributed by atoms with van der Waals surface area (Å²) in [5.41, 5.74) is 2.18. The van der Waals surface area contributed by atoms with Crippen molar-refractivity contribution in [1.29, 1.82) is 0 Å². The molecule has 1 fully saturated rings. The summed E-state index contributed by atoms with van der Waals surface area (Å²) in [4.78, 5) is 54.0. The Morgan fingerprint density at radius 2 is 1.60 bits per heavy atom. The highest BCUT2D eigenvalue weighted by Crippen LogP contribution is 2.43. The number of carbonyl (C=O) groups excluding carboxylic acids is 3. The van der Waals surface area contributed by atoms with E-state index >= 15 is 0 Å². The quantitative estimate of drug-likeness (QED) is 0.137. The highest BCUT2D eigenvalue weighted by molar-refractivity contribution is 8.01. The van der Waals surface area contributed by atoms with Gasteiger partial charge in [-0.15, -0.1) is 22.0 Å². The second kappa shape index (κ2) is 13.3. The molecule has 228 valence electrons. The van der Waals surface area contributed by atoms with E-state index in [1.807, 2.05) is 67.6 Å². The van der Waals surface area contributed by atoms with Gasteiger partial charge in [0.05, 0.1) is 11.1 Å². The largest absolute Gasteiger partial charge is 0.478 e. The van der Waals surface area contributed by atoms with E-state index in [9.17, 15) is 24.3 Å². The topological polar surface area (TPSA) is 139 Å². The number of esters is 1. The number of benzene rings is 3. The van der Waals surface area contributed by atoms with Crippen LogP contribution in [-0.2, 0) is 14.3 Å². The summed E-state index contributed by atoms with van der Waals surface area (Å²) in [6.07, 6.45) is -0.723. The Hall–Kier alpha value is -4.46. The molecule has 2 atom stereocenters. The number of hydrogen-bond acceptors (Lipinski definition) is 10. The van der Waals surface area contributed by atoms with Crippen molar-refractivity contribution >= 4 is 58.6 Å². The van der Waals surface area contributed by atoms with Crippen LogP contribution in [-0.4, -0.2) is 66.9 Å². The molecule has 0 saturated carbocycles. The maximum atomic E-state index is 14.1. The van der Waals surface area contributed by atoms with Gasteiger partial charge in [-0.1, -0.05) is 95.9 Å². The first kappa shape index (κ1) is 30.6. The minimum absolute atomic E-state index is 0.0507. The zero-order valence-corrected chi connectivity index (χ0v) is 26.2. The van der Waals surface area contributed by atoms with E-state index in [1.54, 1.807) is 6.07 Å². The fourth-order valence-corrected chi connectivity index (χ4v) is 8.40. The maximum absolute atomic E-state index is 14.1. The molecule has 0 radical (unpaired) electrons. The molecule has 3 aromatic carbocycles. The number of aromatic carboxylic acids is 1. The number of ether oxygens (including phenoxy) is 1. The fourth-order valence-electron chi connectivity index (χ4n) is 5.10. The van der Waals surface area contributed by atoms with Gasteiger partial charge in [-0.3, -0.25) is 14.5 Å². The summed E-state index contributed by atoms with van der Waals surface area (Å²) in [5, 5.41) is 20.7. The number of aromatic nitrogens is 2. The van der Waals surface area contributed by atoms with E-state index in [4.69, 9.17) is 4.74 Å². The van der Waals surface area contributed by atoms with E-state index in [0.717, 1.165) is 20.5 Å². The standard InChI is InChI=1S/C32H26N4O6S3/c1-18-34-35-32(45-18)44-17-21-16-43-29-24(33-27(37)22-14-8-9-15-23(22)30(39)40)28(38)36(29)25(21)31(41)42-26(19-10-4-2-5-11-19)20-12-6-3-7-13-20/h2-15,24,26,29H,16-17H2,1H3,(H,33,37)(H,39,40)/t24?,29-/m0/s1. The molecule has 4 aromatic rings. The van der Waals surface area contributed by atoms with Gasteiger partial charge in [0, 0.05) is 11.5 Å². The highest BCUT2D eigenvalue weighted by Gasteiger charge is 2.54. The fraction of sp³-hybridized carbons (Fsp3) is 0.188. The Morgan fingerprint density at radius 3 is 2.20 bits per heavy atom. The third kappa shape index (κ3) is 6.37. The summed E-state index contributed by atoms with van der Waals surface area (Å²) in [5.74, 6) is -2.28. The van der Waals surface area contributed by atoms with Gasteiger partial charge in [-0.2, -0.15) is 0 Å². The van der Waals surface area contributed by atoms with E-state index in [1.165, 1.54) is 58.0 Å². The van der Waals surface area contributed by atoms with E-state index in [2.05, 4.69) is 15.5 Å². The van der Waals surface area contributed by atoms with Gasteiger partial charge >= 0.3 is 11.9 Å². The highest BCUT2D eigenvalue weighted by atomic mass is 32.2. The minimum atomic E-state index is -1.25. The Balaban J connectivity index is 1.29. The molecule has 2 aliphatic rings. The lowest BCUT2D eigenvalue weighted by molar-refractivity contribution is -0.153. The van der Waals surface area contributed by atoms with E-state index < -0.39 is 41.3 Å². The van der Waals surface area contributed by atoms with Gasteiger partial charge in [-0.25, -0.2) is 9.59 Å². The Morgan fingerprint density at radius 1 is 0.978 bits per heavy atom. The van der Waals surface area contributed by atoms with Crippen molar-refractivity contribution in [3.05, 3.63) is 123 Å². The maximum Gasteiger partial charge on any atom is 0.356 e. The molecular formula is C32H26N4O6S3. The number of carboxylic acids is 1. The van der Waals surface area contributed by atoms with Gasteiger partial charge in [0.2, 0.25) is 0 Å². The summed E-state index contributed by atoms with van der Waals surface area (Å²) < 4.78 is 6.93. The molecule has 3 heterocycles. The Bertz CT molecular complexity index is 1760. The zero-order chi connectivity index (χ0) is 31.5. The van der Waals surface area contributed by atoms with Crippen molar-refractivity contribution in [2.24, 2.45) is 0 Å². The third-order valence-corrected chi connectivity index (χ3v) is 10.6. The molecule has 2 aliphatic heterocycles. The lowest BCUT2D eigenvalue weighted by atomic mass is 10.00. The lowest BCUT2D eigenvalue weighted by Crippen LogP contribution is -2.70. The molecule has 1 saturated heterocycles. The van der Waals surface area contributed by atoms with Gasteiger partial charge in [0.15, 0.2) is 10.4 Å². The number of rotatable bonds is 10. The predicted molar refractivity (Wildman–Crippen MR) is 171 cm³/mol. The number of amides is 2. The monoisotopic (exact) mass is 658 g/mol. The number of thioether (sulfide) groups is 2. The van der Waals surface area contributed by atoms with Crippen molar-refractivity contribution in [3.8, 4) is 0 Å². The van der Waals surface area contributed by atoms with Crippen LogP contribution >= 0.6 is 34.9 Å². The second-order valence-electron chi connectivity index (χ2n) is 10.1. The number of nitrogens with zero attached hydrogens (tertiary/aromatic N) is 3. The first-order chi connectivity index (χ1) is 21.8. The molecule has 13 heteroatoms. The molecule has 2 N–H and O–H groups in total. The van der Waals surface area contributed by atoms with Crippen molar-refractivity contribution < 1.29 is 29.0 Å². The van der Waals surface area contributed by atoms with Crippen LogP contribution in [0.4, 0.5) is 0 Å². The molecule has 1 aromatic heterocycles. The van der Waals surface area contributed by atoms with E-state index in [-0.39, 0.29) is 16.8 Å². The third-order valence-electron chi connectivity index (χ3n) is 7.24. The minimum Gasteiger partial charge on any atom is -0.478 e. The van der Waals surface area contributed by atoms with Crippen molar-refractivity contribution in [2.45, 2.75) is 28.8 Å².